The predicted molar refractivity (Wildman–Crippen MR) is 75.3 cm³/mol. The van der Waals surface area contributed by atoms with Crippen molar-refractivity contribution in [3.05, 3.63) is 28.0 Å². The Bertz CT molecular complexity index is 465. The third-order valence-corrected chi connectivity index (χ3v) is 3.84. The van der Waals surface area contributed by atoms with Crippen LogP contribution in [0.1, 0.15) is 19.8 Å². The lowest BCUT2D eigenvalue weighted by molar-refractivity contribution is -0.129. The summed E-state index contributed by atoms with van der Waals surface area (Å²) in [6.07, 6.45) is 1.71. The molecule has 2 rings (SSSR count). The van der Waals surface area contributed by atoms with Crippen molar-refractivity contribution in [2.24, 2.45) is 0 Å². The highest BCUT2D eigenvalue weighted by Gasteiger charge is 2.20. The number of carbonyl (C=O) groups excluding carboxylic acids is 1. The summed E-state index contributed by atoms with van der Waals surface area (Å²) < 4.78 is 13.3. The van der Waals surface area contributed by atoms with Gasteiger partial charge in [-0.3, -0.25) is 4.79 Å². The number of nitrogens with one attached hydrogen (secondary N) is 1. The van der Waals surface area contributed by atoms with Gasteiger partial charge in [0.05, 0.1) is 10.0 Å². The van der Waals surface area contributed by atoms with Crippen molar-refractivity contribution >= 4 is 34.8 Å². The molecule has 0 radical (unpaired) electrons. The number of hydrogen-bond acceptors (Lipinski definition) is 2. The minimum Gasteiger partial charge on any atom is -0.382 e. The number of likely N-dealkylation sites (tertiary alicyclic amines) is 1. The number of halogens is 3. The van der Waals surface area contributed by atoms with Gasteiger partial charge in [0.15, 0.2) is 5.82 Å². The van der Waals surface area contributed by atoms with E-state index in [2.05, 4.69) is 5.32 Å². The number of hydrogen-bond donors (Lipinski definition) is 1. The van der Waals surface area contributed by atoms with E-state index in [0.717, 1.165) is 25.9 Å². The second-order valence-electron chi connectivity index (χ2n) is 4.68. The molecule has 0 aliphatic carbocycles. The molecule has 0 saturated carbocycles. The molecular weight excluding hydrogens is 290 g/mol. The zero-order chi connectivity index (χ0) is 14.0. The third-order valence-electron chi connectivity index (χ3n) is 3.29. The van der Waals surface area contributed by atoms with Crippen LogP contribution in [-0.4, -0.2) is 29.9 Å². The Labute approximate surface area is 121 Å². The molecule has 1 amide bonds. The lowest BCUT2D eigenvalue weighted by Gasteiger charge is -2.32. The highest BCUT2D eigenvalue weighted by atomic mass is 35.5. The van der Waals surface area contributed by atoms with Gasteiger partial charge in [0.25, 0.3) is 0 Å². The standard InChI is InChI=1S/C13H15Cl2FN2O/c1-8(19)18-4-2-9(3-5-18)17-10-6-11(14)13(16)12(15)7-10/h6-7,9,17H,2-5H2,1H3. The summed E-state index contributed by atoms with van der Waals surface area (Å²) >= 11 is 11.5. The Hall–Kier alpha value is -1.00. The number of carbonyl (C=O) groups is 1. The fourth-order valence-electron chi connectivity index (χ4n) is 2.21. The maximum atomic E-state index is 13.3. The van der Waals surface area contributed by atoms with Gasteiger partial charge in [-0.25, -0.2) is 4.39 Å². The molecule has 1 saturated heterocycles. The average Bonchev–Trinajstić information content (AvgIpc) is 2.36. The molecule has 104 valence electrons. The molecule has 0 spiro atoms. The largest absolute Gasteiger partial charge is 0.382 e. The summed E-state index contributed by atoms with van der Waals surface area (Å²) in [5.41, 5.74) is 0.706. The fraction of sp³-hybridized carbons (Fsp3) is 0.462. The zero-order valence-electron chi connectivity index (χ0n) is 10.5. The summed E-state index contributed by atoms with van der Waals surface area (Å²) in [6, 6.07) is 3.30. The van der Waals surface area contributed by atoms with E-state index in [1.807, 2.05) is 4.90 Å². The number of amides is 1. The van der Waals surface area contributed by atoms with Crippen molar-refractivity contribution in [2.75, 3.05) is 18.4 Å². The SMILES string of the molecule is CC(=O)N1CCC(Nc2cc(Cl)c(F)c(Cl)c2)CC1. The van der Waals surface area contributed by atoms with Crippen LogP contribution in [0.15, 0.2) is 12.1 Å². The van der Waals surface area contributed by atoms with Crippen molar-refractivity contribution in [3.8, 4) is 0 Å². The van der Waals surface area contributed by atoms with Gasteiger partial charge in [-0.15, -0.1) is 0 Å². The first-order valence-electron chi connectivity index (χ1n) is 6.14. The van der Waals surface area contributed by atoms with E-state index in [-0.39, 0.29) is 22.0 Å². The van der Waals surface area contributed by atoms with E-state index in [0.29, 0.717) is 5.69 Å². The van der Waals surface area contributed by atoms with Crippen LogP contribution in [0, 0.1) is 5.82 Å². The van der Waals surface area contributed by atoms with E-state index in [1.54, 1.807) is 6.92 Å². The maximum absolute atomic E-state index is 13.3. The molecule has 1 N–H and O–H groups in total. The van der Waals surface area contributed by atoms with Gasteiger partial charge >= 0.3 is 0 Å². The van der Waals surface area contributed by atoms with Crippen molar-refractivity contribution in [3.63, 3.8) is 0 Å². The normalized spacial score (nSPS) is 16.5. The van der Waals surface area contributed by atoms with Crippen molar-refractivity contribution in [1.82, 2.24) is 4.90 Å². The first kappa shape index (κ1) is 14.4. The molecule has 6 heteroatoms. The monoisotopic (exact) mass is 304 g/mol. The van der Waals surface area contributed by atoms with Gasteiger partial charge in [0.2, 0.25) is 5.91 Å². The molecule has 0 bridgehead atoms. The lowest BCUT2D eigenvalue weighted by Crippen LogP contribution is -2.41. The van der Waals surface area contributed by atoms with Crippen molar-refractivity contribution in [1.29, 1.82) is 0 Å². The molecule has 0 aromatic heterocycles. The molecule has 0 atom stereocenters. The molecular formula is C13H15Cl2FN2O. The average molecular weight is 305 g/mol. The van der Waals surface area contributed by atoms with E-state index in [4.69, 9.17) is 23.2 Å². The summed E-state index contributed by atoms with van der Waals surface area (Å²) in [5.74, 6) is -0.494. The van der Waals surface area contributed by atoms with E-state index in [1.165, 1.54) is 12.1 Å². The summed E-state index contributed by atoms with van der Waals surface area (Å²) in [4.78, 5) is 13.0. The molecule has 3 nitrogen and oxygen atoms in total. The Kier molecular flexibility index (Phi) is 4.53. The fourth-order valence-corrected chi connectivity index (χ4v) is 2.70. The second kappa shape index (κ2) is 5.97. The van der Waals surface area contributed by atoms with Crippen LogP contribution < -0.4 is 5.32 Å². The molecule has 1 fully saturated rings. The maximum Gasteiger partial charge on any atom is 0.219 e. The zero-order valence-corrected chi connectivity index (χ0v) is 12.1. The predicted octanol–water partition coefficient (Wildman–Crippen LogP) is 3.56. The van der Waals surface area contributed by atoms with Crippen LogP contribution in [-0.2, 0) is 4.79 Å². The van der Waals surface area contributed by atoms with Crippen LogP contribution in [0.25, 0.3) is 0 Å². The number of rotatable bonds is 2. The number of anilines is 1. The van der Waals surface area contributed by atoms with Crippen LogP contribution in [0.2, 0.25) is 10.0 Å². The van der Waals surface area contributed by atoms with Crippen LogP contribution >= 0.6 is 23.2 Å². The molecule has 1 aliphatic rings. The highest BCUT2D eigenvalue weighted by molar-refractivity contribution is 6.35. The van der Waals surface area contributed by atoms with Gasteiger partial charge in [-0.05, 0) is 25.0 Å². The Balaban J connectivity index is 1.98. The van der Waals surface area contributed by atoms with Gasteiger partial charge < -0.3 is 10.2 Å². The Morgan fingerprint density at radius 3 is 2.32 bits per heavy atom. The van der Waals surface area contributed by atoms with E-state index < -0.39 is 5.82 Å². The van der Waals surface area contributed by atoms with Gasteiger partial charge in [-0.2, -0.15) is 0 Å². The minimum atomic E-state index is -0.597. The quantitative estimate of drug-likeness (QED) is 0.847. The summed E-state index contributed by atoms with van der Waals surface area (Å²) in [6.45, 7) is 3.04. The first-order chi connectivity index (χ1) is 8.97. The van der Waals surface area contributed by atoms with Crippen LogP contribution in [0.3, 0.4) is 0 Å². The number of piperidine rings is 1. The molecule has 1 heterocycles. The minimum absolute atomic E-state index is 0.0103. The molecule has 1 aromatic rings. The smallest absolute Gasteiger partial charge is 0.219 e. The highest BCUT2D eigenvalue weighted by Crippen LogP contribution is 2.28. The van der Waals surface area contributed by atoms with Crippen LogP contribution in [0.4, 0.5) is 10.1 Å². The molecule has 0 unspecified atom stereocenters. The van der Waals surface area contributed by atoms with Gasteiger partial charge in [0.1, 0.15) is 0 Å². The molecule has 1 aromatic carbocycles. The van der Waals surface area contributed by atoms with Crippen molar-refractivity contribution in [2.45, 2.75) is 25.8 Å². The Morgan fingerprint density at radius 1 is 1.32 bits per heavy atom. The number of benzene rings is 1. The van der Waals surface area contributed by atoms with Gasteiger partial charge in [0, 0.05) is 31.7 Å². The van der Waals surface area contributed by atoms with Crippen molar-refractivity contribution < 1.29 is 9.18 Å². The molecule has 1 aliphatic heterocycles. The van der Waals surface area contributed by atoms with E-state index >= 15 is 0 Å². The van der Waals surface area contributed by atoms with Gasteiger partial charge in [-0.1, -0.05) is 23.2 Å². The Morgan fingerprint density at radius 2 is 1.84 bits per heavy atom. The second-order valence-corrected chi connectivity index (χ2v) is 5.49. The topological polar surface area (TPSA) is 32.3 Å². The lowest BCUT2D eigenvalue weighted by atomic mass is 10.0. The summed E-state index contributed by atoms with van der Waals surface area (Å²) in [5, 5.41) is 3.30. The third kappa shape index (κ3) is 3.51. The summed E-state index contributed by atoms with van der Waals surface area (Å²) in [7, 11) is 0. The van der Waals surface area contributed by atoms with E-state index in [9.17, 15) is 9.18 Å². The number of nitrogens with zero attached hydrogens (tertiary/aromatic N) is 1. The molecule has 19 heavy (non-hydrogen) atoms. The van der Waals surface area contributed by atoms with Crippen LogP contribution in [0.5, 0.6) is 0 Å². The first-order valence-corrected chi connectivity index (χ1v) is 6.89.